The summed E-state index contributed by atoms with van der Waals surface area (Å²) < 4.78 is 41.7. The van der Waals surface area contributed by atoms with Gasteiger partial charge in [-0.3, -0.25) is 9.10 Å². The van der Waals surface area contributed by atoms with Crippen LogP contribution in [0.2, 0.25) is 0 Å². The lowest BCUT2D eigenvalue weighted by molar-refractivity contribution is -0.114. The summed E-state index contributed by atoms with van der Waals surface area (Å²) in [6.45, 7) is 3.33. The van der Waals surface area contributed by atoms with E-state index < -0.39 is 28.3 Å². The molecule has 3 rings (SSSR count). The summed E-state index contributed by atoms with van der Waals surface area (Å²) in [7, 11) is -4.09. The molecule has 156 valence electrons. The van der Waals surface area contributed by atoms with E-state index in [1.54, 1.807) is 42.5 Å². The summed E-state index contributed by atoms with van der Waals surface area (Å²) in [5, 5.41) is 2.73. The molecule has 0 aliphatic heterocycles. The number of aryl methyl sites for hydroxylation is 2. The summed E-state index contributed by atoms with van der Waals surface area (Å²) in [4.78, 5) is 12.6. The van der Waals surface area contributed by atoms with E-state index in [4.69, 9.17) is 0 Å². The van der Waals surface area contributed by atoms with Crippen molar-refractivity contribution in [2.75, 3.05) is 16.2 Å². The van der Waals surface area contributed by atoms with Gasteiger partial charge in [-0.05, 0) is 74.0 Å². The molecule has 0 fully saturated rings. The van der Waals surface area contributed by atoms with Gasteiger partial charge < -0.3 is 5.32 Å². The van der Waals surface area contributed by atoms with Crippen LogP contribution in [0.5, 0.6) is 0 Å². The zero-order chi connectivity index (χ0) is 21.9. The van der Waals surface area contributed by atoms with Crippen molar-refractivity contribution < 1.29 is 17.6 Å². The standard InChI is InChI=1S/C22H20BrFN2O3S/c1-15-3-8-19(9-4-15)26(30(28,29)20-10-5-17(24)6-11-20)14-22(27)25-18-7-12-21(23)16(2)13-18/h3-13H,14H2,1-2H3,(H,25,27). The summed E-state index contributed by atoms with van der Waals surface area (Å²) >= 11 is 3.40. The molecule has 8 heteroatoms. The largest absolute Gasteiger partial charge is 0.325 e. The number of halogens is 2. The van der Waals surface area contributed by atoms with Crippen molar-refractivity contribution in [1.82, 2.24) is 0 Å². The Morgan fingerprint density at radius 3 is 2.23 bits per heavy atom. The van der Waals surface area contributed by atoms with Crippen LogP contribution in [0.4, 0.5) is 15.8 Å². The molecule has 0 unspecified atom stereocenters. The van der Waals surface area contributed by atoms with Crippen LogP contribution in [0.3, 0.4) is 0 Å². The Labute approximate surface area is 183 Å². The maximum Gasteiger partial charge on any atom is 0.264 e. The van der Waals surface area contributed by atoms with Gasteiger partial charge in [-0.2, -0.15) is 0 Å². The summed E-state index contributed by atoms with van der Waals surface area (Å²) in [5.41, 5.74) is 2.78. The molecular formula is C22H20BrFN2O3S. The van der Waals surface area contributed by atoms with E-state index in [1.807, 2.05) is 13.8 Å². The fraction of sp³-hybridized carbons (Fsp3) is 0.136. The number of nitrogens with zero attached hydrogens (tertiary/aromatic N) is 1. The van der Waals surface area contributed by atoms with Crippen LogP contribution in [0.1, 0.15) is 11.1 Å². The van der Waals surface area contributed by atoms with Crippen LogP contribution >= 0.6 is 15.9 Å². The Kier molecular flexibility index (Phi) is 6.58. The van der Waals surface area contributed by atoms with Crippen molar-refractivity contribution in [3.63, 3.8) is 0 Å². The molecule has 0 radical (unpaired) electrons. The first-order chi connectivity index (χ1) is 14.2. The molecule has 0 aromatic heterocycles. The highest BCUT2D eigenvalue weighted by molar-refractivity contribution is 9.10. The Bertz CT molecular complexity index is 1160. The van der Waals surface area contributed by atoms with Crippen molar-refractivity contribution in [3.8, 4) is 0 Å². The van der Waals surface area contributed by atoms with Crippen LogP contribution in [0.15, 0.2) is 76.1 Å². The molecule has 0 aliphatic rings. The van der Waals surface area contributed by atoms with Crippen LogP contribution < -0.4 is 9.62 Å². The summed E-state index contributed by atoms with van der Waals surface area (Å²) in [6.07, 6.45) is 0. The third-order valence-electron chi connectivity index (χ3n) is 4.45. The molecule has 0 heterocycles. The summed E-state index contributed by atoms with van der Waals surface area (Å²) in [6, 6.07) is 16.6. The number of nitrogens with one attached hydrogen (secondary N) is 1. The second-order valence-electron chi connectivity index (χ2n) is 6.81. The van der Waals surface area contributed by atoms with Gasteiger partial charge in [0.25, 0.3) is 10.0 Å². The van der Waals surface area contributed by atoms with Crippen molar-refractivity contribution in [3.05, 3.63) is 88.1 Å². The molecular weight excluding hydrogens is 471 g/mol. The molecule has 5 nitrogen and oxygen atoms in total. The molecule has 0 spiro atoms. The highest BCUT2D eigenvalue weighted by Gasteiger charge is 2.27. The first-order valence-corrected chi connectivity index (χ1v) is 11.3. The second-order valence-corrected chi connectivity index (χ2v) is 9.53. The number of amides is 1. The van der Waals surface area contributed by atoms with E-state index >= 15 is 0 Å². The Balaban J connectivity index is 1.93. The van der Waals surface area contributed by atoms with Crippen LogP contribution in [0.25, 0.3) is 0 Å². The van der Waals surface area contributed by atoms with Gasteiger partial charge in [0.1, 0.15) is 12.4 Å². The molecule has 1 N–H and O–H groups in total. The number of rotatable bonds is 6. The topological polar surface area (TPSA) is 66.5 Å². The predicted octanol–water partition coefficient (Wildman–Crippen LogP) is 5.04. The molecule has 0 saturated heterocycles. The lowest BCUT2D eigenvalue weighted by atomic mass is 10.2. The Morgan fingerprint density at radius 1 is 1.00 bits per heavy atom. The molecule has 30 heavy (non-hydrogen) atoms. The SMILES string of the molecule is Cc1ccc(N(CC(=O)Nc2ccc(Br)c(C)c2)S(=O)(=O)c2ccc(F)cc2)cc1. The number of benzene rings is 3. The third-order valence-corrected chi connectivity index (χ3v) is 7.13. The molecule has 1 amide bonds. The predicted molar refractivity (Wildman–Crippen MR) is 120 cm³/mol. The quantitative estimate of drug-likeness (QED) is 0.526. The van der Waals surface area contributed by atoms with Gasteiger partial charge in [0, 0.05) is 10.2 Å². The van der Waals surface area contributed by atoms with Gasteiger partial charge in [0.15, 0.2) is 0 Å². The second kappa shape index (κ2) is 8.97. The normalized spacial score (nSPS) is 11.2. The number of carbonyl (C=O) groups is 1. The van der Waals surface area contributed by atoms with Crippen molar-refractivity contribution in [2.45, 2.75) is 18.7 Å². The summed E-state index contributed by atoms with van der Waals surface area (Å²) in [5.74, 6) is -1.04. The fourth-order valence-electron chi connectivity index (χ4n) is 2.81. The van der Waals surface area contributed by atoms with Gasteiger partial charge in [0.2, 0.25) is 5.91 Å². The number of anilines is 2. The minimum Gasteiger partial charge on any atom is -0.325 e. The number of carbonyl (C=O) groups excluding carboxylic acids is 1. The van der Waals surface area contributed by atoms with E-state index in [2.05, 4.69) is 21.2 Å². The average Bonchev–Trinajstić information content (AvgIpc) is 2.70. The lowest BCUT2D eigenvalue weighted by Crippen LogP contribution is -2.38. The molecule has 0 atom stereocenters. The third kappa shape index (κ3) is 5.06. The van der Waals surface area contributed by atoms with Gasteiger partial charge in [-0.25, -0.2) is 12.8 Å². The van der Waals surface area contributed by atoms with E-state index in [0.717, 1.165) is 32.0 Å². The Morgan fingerprint density at radius 2 is 1.63 bits per heavy atom. The van der Waals surface area contributed by atoms with Crippen LogP contribution in [0, 0.1) is 19.7 Å². The van der Waals surface area contributed by atoms with E-state index in [-0.39, 0.29) is 4.90 Å². The molecule has 3 aromatic rings. The first-order valence-electron chi connectivity index (χ1n) is 9.08. The van der Waals surface area contributed by atoms with Gasteiger partial charge in [-0.1, -0.05) is 33.6 Å². The van der Waals surface area contributed by atoms with E-state index in [9.17, 15) is 17.6 Å². The van der Waals surface area contributed by atoms with Crippen LogP contribution in [-0.2, 0) is 14.8 Å². The highest BCUT2D eigenvalue weighted by Crippen LogP contribution is 2.25. The maximum atomic E-state index is 13.3. The highest BCUT2D eigenvalue weighted by atomic mass is 79.9. The van der Waals surface area contributed by atoms with E-state index in [1.165, 1.54) is 12.1 Å². The molecule has 3 aromatic carbocycles. The van der Waals surface area contributed by atoms with Crippen molar-refractivity contribution in [1.29, 1.82) is 0 Å². The van der Waals surface area contributed by atoms with Gasteiger partial charge in [-0.15, -0.1) is 0 Å². The molecule has 0 saturated carbocycles. The first kappa shape index (κ1) is 22.0. The maximum absolute atomic E-state index is 13.3. The fourth-order valence-corrected chi connectivity index (χ4v) is 4.48. The number of hydrogen-bond donors (Lipinski definition) is 1. The number of sulfonamides is 1. The lowest BCUT2D eigenvalue weighted by Gasteiger charge is -2.24. The number of hydrogen-bond acceptors (Lipinski definition) is 3. The van der Waals surface area contributed by atoms with Gasteiger partial charge in [0.05, 0.1) is 10.6 Å². The smallest absolute Gasteiger partial charge is 0.264 e. The molecule has 0 aliphatic carbocycles. The molecule has 0 bridgehead atoms. The Hall–Kier alpha value is -2.71. The van der Waals surface area contributed by atoms with E-state index in [0.29, 0.717) is 11.4 Å². The van der Waals surface area contributed by atoms with Crippen molar-refractivity contribution >= 4 is 43.2 Å². The van der Waals surface area contributed by atoms with Gasteiger partial charge >= 0.3 is 0 Å². The minimum absolute atomic E-state index is 0.100. The minimum atomic E-state index is -4.09. The van der Waals surface area contributed by atoms with Crippen molar-refractivity contribution in [2.24, 2.45) is 0 Å². The monoisotopic (exact) mass is 490 g/mol. The zero-order valence-corrected chi connectivity index (χ0v) is 18.8. The van der Waals surface area contributed by atoms with Crippen LogP contribution in [-0.4, -0.2) is 20.9 Å². The average molecular weight is 491 g/mol. The zero-order valence-electron chi connectivity index (χ0n) is 16.4.